The minimum atomic E-state index is -0.712. The molecule has 0 spiro atoms. The number of piperidine rings is 2. The summed E-state index contributed by atoms with van der Waals surface area (Å²) >= 11 is 0. The van der Waals surface area contributed by atoms with Crippen LogP contribution in [0.1, 0.15) is 65.4 Å². The Bertz CT molecular complexity index is 642. The molecule has 1 aromatic carbocycles. The summed E-state index contributed by atoms with van der Waals surface area (Å²) < 4.78 is 12.3. The highest BCUT2D eigenvalue weighted by molar-refractivity contribution is 6.62. The van der Waals surface area contributed by atoms with Crippen molar-refractivity contribution in [3.8, 4) is 0 Å². The molecule has 1 aromatic rings. The van der Waals surface area contributed by atoms with Gasteiger partial charge in [-0.25, -0.2) is 0 Å². The number of nitrogens with zero attached hydrogens (tertiary/aromatic N) is 1. The molecule has 3 fully saturated rings. The zero-order valence-electron chi connectivity index (χ0n) is 16.8. The van der Waals surface area contributed by atoms with Gasteiger partial charge in [0, 0.05) is 12.1 Å². The maximum atomic E-state index is 11.4. The molecule has 3 saturated heterocycles. The SMILES string of the molecule is CN1C2CCCC1CC(O)(c1ccc(B3OC(C)(C)C(C)(C)O3)cc1)C2. The normalized spacial score (nSPS) is 36.3. The quantitative estimate of drug-likeness (QED) is 0.827. The van der Waals surface area contributed by atoms with E-state index in [2.05, 4.69) is 63.9 Å². The lowest BCUT2D eigenvalue weighted by atomic mass is 9.71. The third-order valence-corrected chi connectivity index (χ3v) is 7.35. The molecule has 26 heavy (non-hydrogen) atoms. The van der Waals surface area contributed by atoms with Gasteiger partial charge in [0.15, 0.2) is 0 Å². The van der Waals surface area contributed by atoms with Gasteiger partial charge in [-0.3, -0.25) is 0 Å². The van der Waals surface area contributed by atoms with Crippen molar-refractivity contribution in [2.24, 2.45) is 0 Å². The van der Waals surface area contributed by atoms with Crippen molar-refractivity contribution in [2.45, 2.75) is 88.7 Å². The highest BCUT2D eigenvalue weighted by Gasteiger charge is 2.52. The predicted molar refractivity (Wildman–Crippen MR) is 104 cm³/mol. The molecule has 2 atom stereocenters. The fraction of sp³-hybridized carbons (Fsp3) is 0.714. The van der Waals surface area contributed by atoms with Gasteiger partial charge in [0.25, 0.3) is 0 Å². The first-order chi connectivity index (χ1) is 12.1. The first-order valence-electron chi connectivity index (χ1n) is 10.0. The number of hydrogen-bond donors (Lipinski definition) is 1. The minimum Gasteiger partial charge on any atom is -0.399 e. The van der Waals surface area contributed by atoms with Crippen molar-refractivity contribution < 1.29 is 14.4 Å². The van der Waals surface area contributed by atoms with E-state index in [1.165, 1.54) is 19.3 Å². The van der Waals surface area contributed by atoms with Gasteiger partial charge in [-0.15, -0.1) is 0 Å². The standard InChI is InChI=1S/C21H32BNO3/c1-19(2)20(3,4)26-22(25-19)16-11-9-15(10-12-16)21(24)13-17-7-6-8-18(14-21)23(17)5/h9-12,17-18,24H,6-8,13-14H2,1-5H3. The molecule has 3 heterocycles. The molecule has 2 bridgehead atoms. The summed E-state index contributed by atoms with van der Waals surface area (Å²) in [5, 5.41) is 11.4. The number of aliphatic hydroxyl groups is 1. The van der Waals surface area contributed by atoms with Crippen LogP contribution in [0.4, 0.5) is 0 Å². The van der Waals surface area contributed by atoms with E-state index in [1.807, 2.05) is 0 Å². The molecule has 0 aromatic heterocycles. The van der Waals surface area contributed by atoms with Crippen molar-refractivity contribution in [1.82, 2.24) is 4.90 Å². The molecular formula is C21H32BNO3. The second-order valence-corrected chi connectivity index (χ2v) is 9.55. The van der Waals surface area contributed by atoms with E-state index in [0.717, 1.165) is 23.9 Å². The second kappa shape index (κ2) is 6.06. The van der Waals surface area contributed by atoms with Crippen LogP contribution in [0, 0.1) is 0 Å². The fourth-order valence-electron chi connectivity index (χ4n) is 4.81. The van der Waals surface area contributed by atoms with Crippen molar-refractivity contribution in [2.75, 3.05) is 7.05 Å². The monoisotopic (exact) mass is 357 g/mol. The van der Waals surface area contributed by atoms with E-state index in [9.17, 15) is 5.11 Å². The zero-order valence-corrected chi connectivity index (χ0v) is 16.8. The Morgan fingerprint density at radius 3 is 1.96 bits per heavy atom. The van der Waals surface area contributed by atoms with Gasteiger partial charge >= 0.3 is 7.12 Å². The summed E-state index contributed by atoms with van der Waals surface area (Å²) in [7, 11) is 1.87. The minimum absolute atomic E-state index is 0.333. The molecule has 2 unspecified atom stereocenters. The molecule has 0 amide bonds. The first-order valence-corrected chi connectivity index (χ1v) is 10.0. The molecule has 0 saturated carbocycles. The largest absolute Gasteiger partial charge is 0.494 e. The molecule has 4 rings (SSSR count). The molecule has 5 heteroatoms. The van der Waals surface area contributed by atoms with Crippen LogP contribution in [0.5, 0.6) is 0 Å². The summed E-state index contributed by atoms with van der Waals surface area (Å²) in [5.74, 6) is 0. The lowest BCUT2D eigenvalue weighted by Gasteiger charge is -2.50. The summed E-state index contributed by atoms with van der Waals surface area (Å²) in [4.78, 5) is 2.48. The third-order valence-electron chi connectivity index (χ3n) is 7.35. The number of fused-ring (bicyclic) bond motifs is 2. The number of rotatable bonds is 2. The highest BCUT2D eigenvalue weighted by atomic mass is 16.7. The van der Waals surface area contributed by atoms with Crippen LogP contribution in [-0.4, -0.2) is 47.5 Å². The fourth-order valence-corrected chi connectivity index (χ4v) is 4.81. The van der Waals surface area contributed by atoms with Gasteiger partial charge < -0.3 is 19.3 Å². The van der Waals surface area contributed by atoms with Gasteiger partial charge in [-0.2, -0.15) is 0 Å². The van der Waals surface area contributed by atoms with Gasteiger partial charge in [-0.1, -0.05) is 30.7 Å². The van der Waals surface area contributed by atoms with Crippen molar-refractivity contribution in [3.05, 3.63) is 29.8 Å². The average Bonchev–Trinajstić information content (AvgIpc) is 2.77. The Labute approximate surface area is 158 Å². The molecule has 0 radical (unpaired) electrons. The maximum Gasteiger partial charge on any atom is 0.494 e. The number of benzene rings is 1. The van der Waals surface area contributed by atoms with E-state index in [1.54, 1.807) is 0 Å². The van der Waals surface area contributed by atoms with Crippen LogP contribution in [0.3, 0.4) is 0 Å². The van der Waals surface area contributed by atoms with E-state index in [4.69, 9.17) is 9.31 Å². The molecule has 142 valence electrons. The maximum absolute atomic E-state index is 11.4. The van der Waals surface area contributed by atoms with E-state index in [-0.39, 0.29) is 18.3 Å². The topological polar surface area (TPSA) is 41.9 Å². The second-order valence-electron chi connectivity index (χ2n) is 9.55. The molecule has 3 aliphatic rings. The van der Waals surface area contributed by atoms with Crippen LogP contribution < -0.4 is 5.46 Å². The van der Waals surface area contributed by atoms with Gasteiger partial charge in [0.1, 0.15) is 0 Å². The molecule has 3 aliphatic heterocycles. The lowest BCUT2D eigenvalue weighted by molar-refractivity contribution is -0.0874. The Hall–Kier alpha value is -0.875. The predicted octanol–water partition coefficient (Wildman–Crippen LogP) is 2.82. The molecule has 0 aliphatic carbocycles. The highest BCUT2D eigenvalue weighted by Crippen LogP contribution is 2.43. The number of hydrogen-bond acceptors (Lipinski definition) is 4. The molecule has 1 N–H and O–H groups in total. The van der Waals surface area contributed by atoms with Crippen LogP contribution in [-0.2, 0) is 14.9 Å². The summed E-state index contributed by atoms with van der Waals surface area (Å²) in [6.07, 6.45) is 5.34. The van der Waals surface area contributed by atoms with E-state index in [0.29, 0.717) is 12.1 Å². The Morgan fingerprint density at radius 2 is 1.46 bits per heavy atom. The van der Waals surface area contributed by atoms with E-state index < -0.39 is 5.60 Å². The summed E-state index contributed by atoms with van der Waals surface area (Å²) in [6.45, 7) is 8.28. The average molecular weight is 357 g/mol. The zero-order chi connectivity index (χ0) is 18.7. The summed E-state index contributed by atoms with van der Waals surface area (Å²) in [6, 6.07) is 9.25. The Morgan fingerprint density at radius 1 is 0.962 bits per heavy atom. The Balaban J connectivity index is 1.53. The van der Waals surface area contributed by atoms with Crippen LogP contribution in [0.25, 0.3) is 0 Å². The van der Waals surface area contributed by atoms with Crippen molar-refractivity contribution in [3.63, 3.8) is 0 Å². The molecule has 4 nitrogen and oxygen atoms in total. The third kappa shape index (κ3) is 2.93. The lowest BCUT2D eigenvalue weighted by Crippen LogP contribution is -2.55. The Kier molecular flexibility index (Phi) is 4.31. The van der Waals surface area contributed by atoms with Gasteiger partial charge in [0.05, 0.1) is 16.8 Å². The van der Waals surface area contributed by atoms with Crippen molar-refractivity contribution in [1.29, 1.82) is 0 Å². The van der Waals surface area contributed by atoms with Gasteiger partial charge in [0.2, 0.25) is 0 Å². The van der Waals surface area contributed by atoms with Crippen molar-refractivity contribution >= 4 is 12.6 Å². The van der Waals surface area contributed by atoms with Crippen LogP contribution >= 0.6 is 0 Å². The molecular weight excluding hydrogens is 325 g/mol. The van der Waals surface area contributed by atoms with Gasteiger partial charge in [-0.05, 0) is 71.5 Å². The smallest absolute Gasteiger partial charge is 0.399 e. The summed E-state index contributed by atoms with van der Waals surface area (Å²) in [5.41, 5.74) is 0.670. The van der Waals surface area contributed by atoms with Crippen LogP contribution in [0.15, 0.2) is 24.3 Å². The first kappa shape index (κ1) is 18.5. The van der Waals surface area contributed by atoms with Crippen LogP contribution in [0.2, 0.25) is 0 Å². The van der Waals surface area contributed by atoms with E-state index >= 15 is 0 Å².